The number of hydrogen-bond acceptors (Lipinski definition) is 3. The van der Waals surface area contributed by atoms with Gasteiger partial charge in [0.2, 0.25) is 0 Å². The second-order valence-electron chi connectivity index (χ2n) is 13.9. The highest BCUT2D eigenvalue weighted by molar-refractivity contribution is 5.93. The van der Waals surface area contributed by atoms with E-state index in [-0.39, 0.29) is 0 Å². The molecule has 258 valence electrons. The summed E-state index contributed by atoms with van der Waals surface area (Å²) in [5.41, 5.74) is 14.5. The Hall–Kier alpha value is -7.23. The molecule has 3 nitrogen and oxygen atoms in total. The van der Waals surface area contributed by atoms with Gasteiger partial charge in [0, 0.05) is 16.7 Å². The smallest absolute Gasteiger partial charge is 0.164 e. The summed E-state index contributed by atoms with van der Waals surface area (Å²) in [4.78, 5) is 15.3. The van der Waals surface area contributed by atoms with Gasteiger partial charge in [0.1, 0.15) is 0 Å². The highest BCUT2D eigenvalue weighted by Gasteiger charge is 2.47. The van der Waals surface area contributed by atoms with Crippen LogP contribution in [0.5, 0.6) is 0 Å². The number of fused-ring (bicyclic) bond motifs is 3. The number of benzene rings is 8. The molecular weight excluding hydrogens is 667 g/mol. The van der Waals surface area contributed by atoms with Crippen LogP contribution in [0.4, 0.5) is 0 Å². The van der Waals surface area contributed by atoms with E-state index in [0.29, 0.717) is 17.5 Å². The molecule has 0 amide bonds. The van der Waals surface area contributed by atoms with Crippen LogP contribution in [-0.2, 0) is 5.41 Å². The molecule has 0 unspecified atom stereocenters. The van der Waals surface area contributed by atoms with E-state index >= 15 is 0 Å². The van der Waals surface area contributed by atoms with Crippen LogP contribution in [0.2, 0.25) is 0 Å². The molecule has 0 atom stereocenters. The third-order valence-corrected chi connectivity index (χ3v) is 10.8. The summed E-state index contributed by atoms with van der Waals surface area (Å²) in [5.74, 6) is 1.91. The molecule has 0 bridgehead atoms. The lowest BCUT2D eigenvalue weighted by atomic mass is 9.66. The fourth-order valence-corrected chi connectivity index (χ4v) is 8.43. The van der Waals surface area contributed by atoms with E-state index in [1.54, 1.807) is 0 Å². The normalized spacial score (nSPS) is 12.5. The van der Waals surface area contributed by atoms with Crippen molar-refractivity contribution < 1.29 is 0 Å². The number of rotatable bonds is 7. The van der Waals surface area contributed by atoms with Gasteiger partial charge in [0.15, 0.2) is 17.5 Å². The van der Waals surface area contributed by atoms with Gasteiger partial charge in [0.25, 0.3) is 0 Å². The van der Waals surface area contributed by atoms with E-state index in [2.05, 4.69) is 182 Å². The van der Waals surface area contributed by atoms with Crippen molar-refractivity contribution in [2.75, 3.05) is 0 Å². The van der Waals surface area contributed by atoms with E-state index in [4.69, 9.17) is 15.0 Å². The topological polar surface area (TPSA) is 38.7 Å². The third-order valence-electron chi connectivity index (χ3n) is 10.8. The van der Waals surface area contributed by atoms with E-state index in [1.807, 2.05) is 30.3 Å². The average molecular weight is 702 g/mol. The Balaban J connectivity index is 1.14. The fourth-order valence-electron chi connectivity index (χ4n) is 8.43. The van der Waals surface area contributed by atoms with Gasteiger partial charge >= 0.3 is 0 Å². The molecule has 0 saturated carbocycles. The van der Waals surface area contributed by atoms with Crippen LogP contribution in [0.15, 0.2) is 212 Å². The second kappa shape index (κ2) is 13.6. The summed E-state index contributed by atoms with van der Waals surface area (Å²) < 4.78 is 0. The molecule has 0 spiro atoms. The molecule has 0 saturated heterocycles. The Morgan fingerprint density at radius 1 is 0.255 bits per heavy atom. The van der Waals surface area contributed by atoms with Crippen molar-refractivity contribution in [3.05, 3.63) is 235 Å². The van der Waals surface area contributed by atoms with Crippen molar-refractivity contribution in [2.45, 2.75) is 5.41 Å². The molecule has 10 rings (SSSR count). The maximum atomic E-state index is 5.15. The molecular formula is C52H35N3. The Bertz CT molecular complexity index is 2740. The molecule has 0 radical (unpaired) electrons. The Kier molecular flexibility index (Phi) is 8.04. The zero-order valence-corrected chi connectivity index (χ0v) is 30.0. The zero-order chi connectivity index (χ0) is 36.6. The van der Waals surface area contributed by atoms with Crippen LogP contribution in [0.3, 0.4) is 0 Å². The molecule has 3 heteroatoms. The molecule has 1 aliphatic rings. The highest BCUT2D eigenvalue weighted by Crippen LogP contribution is 2.58. The third kappa shape index (κ3) is 5.48. The minimum atomic E-state index is -0.496. The summed E-state index contributed by atoms with van der Waals surface area (Å²) in [6.07, 6.45) is 0. The predicted octanol–water partition coefficient (Wildman–Crippen LogP) is 12.6. The largest absolute Gasteiger partial charge is 0.208 e. The van der Waals surface area contributed by atoms with Crippen LogP contribution in [-0.4, -0.2) is 15.0 Å². The van der Waals surface area contributed by atoms with E-state index < -0.39 is 5.41 Å². The minimum absolute atomic E-state index is 0.496. The molecule has 55 heavy (non-hydrogen) atoms. The number of aromatic nitrogens is 3. The Labute approximate surface area is 321 Å². The van der Waals surface area contributed by atoms with Gasteiger partial charge in [-0.05, 0) is 55.6 Å². The van der Waals surface area contributed by atoms with Crippen LogP contribution in [0, 0.1) is 0 Å². The quantitative estimate of drug-likeness (QED) is 0.166. The van der Waals surface area contributed by atoms with Gasteiger partial charge in [-0.15, -0.1) is 0 Å². The van der Waals surface area contributed by atoms with E-state index in [9.17, 15) is 0 Å². The van der Waals surface area contributed by atoms with Crippen LogP contribution >= 0.6 is 0 Å². The Morgan fingerprint density at radius 2 is 0.655 bits per heavy atom. The van der Waals surface area contributed by atoms with Crippen molar-refractivity contribution >= 4 is 0 Å². The van der Waals surface area contributed by atoms with Gasteiger partial charge in [-0.1, -0.05) is 212 Å². The molecule has 0 aliphatic heterocycles. The van der Waals surface area contributed by atoms with Crippen LogP contribution < -0.4 is 0 Å². The number of hydrogen-bond donors (Lipinski definition) is 0. The second-order valence-corrected chi connectivity index (χ2v) is 13.9. The van der Waals surface area contributed by atoms with Gasteiger partial charge in [-0.3, -0.25) is 0 Å². The molecule has 9 aromatic rings. The fraction of sp³-hybridized carbons (Fsp3) is 0.0192. The standard InChI is InChI=1S/C52H35N3/c1-5-18-36(19-6-1)42-26-13-14-28-46(42)51-54-49(38-20-7-2-8-21-38)53-50(55-51)39-34-32-37(33-35-39)43-29-17-30-45-44-27-15-16-31-47(44)52(48(43)45,40-22-9-3-10-23-40)41-24-11-4-12-25-41/h1-35H. The van der Waals surface area contributed by atoms with Gasteiger partial charge in [-0.2, -0.15) is 0 Å². The van der Waals surface area contributed by atoms with Gasteiger partial charge in [-0.25, -0.2) is 15.0 Å². The molecule has 1 aromatic heterocycles. The zero-order valence-electron chi connectivity index (χ0n) is 30.0. The van der Waals surface area contributed by atoms with Crippen LogP contribution in [0.25, 0.3) is 67.5 Å². The van der Waals surface area contributed by atoms with Gasteiger partial charge in [0.05, 0.1) is 5.41 Å². The predicted molar refractivity (Wildman–Crippen MR) is 224 cm³/mol. The minimum Gasteiger partial charge on any atom is -0.208 e. The summed E-state index contributed by atoms with van der Waals surface area (Å²) >= 11 is 0. The SMILES string of the molecule is c1ccc(-c2nc(-c3ccc(-c4cccc5c4C(c4ccccc4)(c4ccccc4)c4ccccc4-5)cc3)nc(-c3ccccc3-c3ccccc3)n2)cc1. The maximum Gasteiger partial charge on any atom is 0.164 e. The van der Waals surface area contributed by atoms with Crippen molar-refractivity contribution in [1.29, 1.82) is 0 Å². The summed E-state index contributed by atoms with van der Waals surface area (Å²) in [7, 11) is 0. The first-order chi connectivity index (χ1) is 27.3. The first kappa shape index (κ1) is 32.4. The van der Waals surface area contributed by atoms with E-state index in [1.165, 1.54) is 38.9 Å². The van der Waals surface area contributed by atoms with E-state index in [0.717, 1.165) is 33.4 Å². The summed E-state index contributed by atoms with van der Waals surface area (Å²) in [6, 6.07) is 75.2. The summed E-state index contributed by atoms with van der Waals surface area (Å²) in [6.45, 7) is 0. The van der Waals surface area contributed by atoms with Crippen molar-refractivity contribution in [3.8, 4) is 67.5 Å². The molecule has 8 aromatic carbocycles. The summed E-state index contributed by atoms with van der Waals surface area (Å²) in [5, 5.41) is 0. The molecule has 0 fully saturated rings. The van der Waals surface area contributed by atoms with Crippen LogP contribution in [0.1, 0.15) is 22.3 Å². The monoisotopic (exact) mass is 701 g/mol. The molecule has 0 N–H and O–H groups in total. The lowest BCUT2D eigenvalue weighted by Crippen LogP contribution is -2.29. The first-order valence-electron chi connectivity index (χ1n) is 18.7. The lowest BCUT2D eigenvalue weighted by molar-refractivity contribution is 0.770. The number of nitrogens with zero attached hydrogens (tertiary/aromatic N) is 3. The van der Waals surface area contributed by atoms with Gasteiger partial charge < -0.3 is 0 Å². The Morgan fingerprint density at radius 3 is 1.27 bits per heavy atom. The maximum absolute atomic E-state index is 5.15. The first-order valence-corrected chi connectivity index (χ1v) is 18.7. The molecule has 1 aliphatic carbocycles. The highest BCUT2D eigenvalue weighted by atomic mass is 15.0. The van der Waals surface area contributed by atoms with Crippen molar-refractivity contribution in [3.63, 3.8) is 0 Å². The lowest BCUT2D eigenvalue weighted by Gasteiger charge is -2.35. The van der Waals surface area contributed by atoms with Crippen molar-refractivity contribution in [2.24, 2.45) is 0 Å². The van der Waals surface area contributed by atoms with Crippen molar-refractivity contribution in [1.82, 2.24) is 15.0 Å². The average Bonchev–Trinajstić information content (AvgIpc) is 3.59. The molecule has 1 heterocycles.